The van der Waals surface area contributed by atoms with E-state index in [1.807, 2.05) is 6.92 Å². The number of alkyl halides is 3. The molecule has 0 aliphatic heterocycles. The fraction of sp³-hybridized carbons (Fsp3) is 0.267. The Hall–Kier alpha value is -3.44. The zero-order valence-corrected chi connectivity index (χ0v) is 14.5. The Balaban J connectivity index is 2.15. The number of aromatic nitrogens is 2. The van der Waals surface area contributed by atoms with E-state index in [-0.39, 0.29) is 29.2 Å². The number of anilines is 3. The van der Waals surface area contributed by atoms with Crippen LogP contribution in [-0.4, -0.2) is 35.9 Å². The number of ether oxygens (including phenoxy) is 2. The molecule has 0 bridgehead atoms. The summed E-state index contributed by atoms with van der Waals surface area (Å²) in [7, 11) is 1.43. The SMILES string of the molecule is CCNc1nc(/N=C(\N)Nc2ccc(OC(F)(F)F)cc2)nc(N)c1OC. The number of aliphatic imine (C=N–C) groups is 1. The predicted octanol–water partition coefficient (Wildman–Crippen LogP) is 2.46. The monoisotopic (exact) mass is 385 g/mol. The van der Waals surface area contributed by atoms with Crippen LogP contribution in [0.5, 0.6) is 11.5 Å². The van der Waals surface area contributed by atoms with Gasteiger partial charge in [-0.1, -0.05) is 0 Å². The average Bonchev–Trinajstić information content (AvgIpc) is 2.55. The molecule has 0 atom stereocenters. The molecular formula is C15H18F3N7O2. The molecule has 0 saturated carbocycles. The van der Waals surface area contributed by atoms with Crippen LogP contribution in [0.1, 0.15) is 6.92 Å². The van der Waals surface area contributed by atoms with E-state index >= 15 is 0 Å². The molecule has 146 valence electrons. The van der Waals surface area contributed by atoms with E-state index < -0.39 is 6.36 Å². The van der Waals surface area contributed by atoms with Gasteiger partial charge in [0.25, 0.3) is 5.95 Å². The Kier molecular flexibility index (Phi) is 6.11. The third-order valence-electron chi connectivity index (χ3n) is 3.01. The van der Waals surface area contributed by atoms with Crippen molar-refractivity contribution in [1.29, 1.82) is 0 Å². The molecule has 9 nitrogen and oxygen atoms in total. The van der Waals surface area contributed by atoms with Crippen molar-refractivity contribution in [2.75, 3.05) is 30.0 Å². The lowest BCUT2D eigenvalue weighted by atomic mass is 10.3. The average molecular weight is 385 g/mol. The molecule has 0 unspecified atom stereocenters. The highest BCUT2D eigenvalue weighted by Gasteiger charge is 2.30. The van der Waals surface area contributed by atoms with Crippen LogP contribution in [0.3, 0.4) is 0 Å². The van der Waals surface area contributed by atoms with E-state index in [2.05, 4.69) is 30.3 Å². The normalized spacial score (nSPS) is 11.8. The van der Waals surface area contributed by atoms with E-state index in [9.17, 15) is 13.2 Å². The van der Waals surface area contributed by atoms with Crippen molar-refractivity contribution in [3.8, 4) is 11.5 Å². The number of nitrogen functional groups attached to an aromatic ring is 1. The zero-order valence-electron chi connectivity index (χ0n) is 14.5. The second-order valence-electron chi connectivity index (χ2n) is 5.02. The minimum Gasteiger partial charge on any atom is -0.490 e. The number of methoxy groups -OCH3 is 1. The molecule has 6 N–H and O–H groups in total. The van der Waals surface area contributed by atoms with Crippen LogP contribution in [0.25, 0.3) is 0 Å². The predicted molar refractivity (Wildman–Crippen MR) is 95.2 cm³/mol. The molecule has 0 saturated heterocycles. The molecule has 0 aliphatic rings. The number of guanidine groups is 1. The van der Waals surface area contributed by atoms with Gasteiger partial charge in [-0.05, 0) is 31.2 Å². The van der Waals surface area contributed by atoms with Gasteiger partial charge >= 0.3 is 6.36 Å². The smallest absolute Gasteiger partial charge is 0.490 e. The van der Waals surface area contributed by atoms with Crippen LogP contribution in [0, 0.1) is 0 Å². The topological polar surface area (TPSA) is 133 Å². The molecule has 2 rings (SSSR count). The van der Waals surface area contributed by atoms with E-state index in [0.29, 0.717) is 18.1 Å². The number of hydrogen-bond acceptors (Lipinski definition) is 7. The summed E-state index contributed by atoms with van der Waals surface area (Å²) in [6.07, 6.45) is -4.76. The first-order chi connectivity index (χ1) is 12.7. The van der Waals surface area contributed by atoms with Gasteiger partial charge in [-0.25, -0.2) is 0 Å². The largest absolute Gasteiger partial charge is 0.573 e. The summed E-state index contributed by atoms with van der Waals surface area (Å²) in [6.45, 7) is 2.43. The van der Waals surface area contributed by atoms with Crippen molar-refractivity contribution in [2.24, 2.45) is 10.7 Å². The number of rotatable bonds is 6. The van der Waals surface area contributed by atoms with Crippen molar-refractivity contribution in [2.45, 2.75) is 13.3 Å². The first-order valence-electron chi connectivity index (χ1n) is 7.64. The lowest BCUT2D eigenvalue weighted by molar-refractivity contribution is -0.274. The first-order valence-corrected chi connectivity index (χ1v) is 7.64. The van der Waals surface area contributed by atoms with E-state index in [0.717, 1.165) is 12.1 Å². The van der Waals surface area contributed by atoms with Gasteiger partial charge in [0.15, 0.2) is 11.6 Å². The van der Waals surface area contributed by atoms with Crippen LogP contribution < -0.4 is 31.6 Å². The van der Waals surface area contributed by atoms with E-state index in [1.54, 1.807) is 0 Å². The van der Waals surface area contributed by atoms with Gasteiger partial charge in [0, 0.05) is 12.2 Å². The molecule has 0 amide bonds. The molecular weight excluding hydrogens is 367 g/mol. The Labute approximate surface area is 152 Å². The lowest BCUT2D eigenvalue weighted by Gasteiger charge is -2.11. The molecule has 12 heteroatoms. The molecule has 0 radical (unpaired) electrons. The summed E-state index contributed by atoms with van der Waals surface area (Å²) >= 11 is 0. The fourth-order valence-electron chi connectivity index (χ4n) is 2.02. The number of halogens is 3. The number of nitrogens with one attached hydrogen (secondary N) is 2. The van der Waals surface area contributed by atoms with Crippen LogP contribution in [0.4, 0.5) is 36.4 Å². The van der Waals surface area contributed by atoms with Gasteiger partial charge in [-0.3, -0.25) is 0 Å². The number of hydrogen-bond donors (Lipinski definition) is 4. The van der Waals surface area contributed by atoms with Gasteiger partial charge in [0.1, 0.15) is 5.75 Å². The molecule has 0 aliphatic carbocycles. The quantitative estimate of drug-likeness (QED) is 0.440. The number of nitrogens with zero attached hydrogens (tertiary/aromatic N) is 3. The maximum absolute atomic E-state index is 12.2. The first kappa shape index (κ1) is 19.9. The van der Waals surface area contributed by atoms with Crippen molar-refractivity contribution in [3.05, 3.63) is 24.3 Å². The van der Waals surface area contributed by atoms with Gasteiger partial charge < -0.3 is 31.6 Å². The summed E-state index contributed by atoms with van der Waals surface area (Å²) in [4.78, 5) is 12.1. The Morgan fingerprint density at radius 1 is 1.22 bits per heavy atom. The summed E-state index contributed by atoms with van der Waals surface area (Å²) < 4.78 is 45.4. The Morgan fingerprint density at radius 3 is 2.44 bits per heavy atom. The van der Waals surface area contributed by atoms with Gasteiger partial charge in [0.2, 0.25) is 11.7 Å². The fourth-order valence-corrected chi connectivity index (χ4v) is 2.02. The van der Waals surface area contributed by atoms with Crippen LogP contribution in [0.15, 0.2) is 29.3 Å². The minimum absolute atomic E-state index is 0.0220. The van der Waals surface area contributed by atoms with Crippen molar-refractivity contribution in [1.82, 2.24) is 9.97 Å². The van der Waals surface area contributed by atoms with Crippen molar-refractivity contribution < 1.29 is 22.6 Å². The molecule has 1 aromatic carbocycles. The zero-order chi connectivity index (χ0) is 20.0. The molecule has 0 spiro atoms. The van der Waals surface area contributed by atoms with Crippen molar-refractivity contribution >= 4 is 29.2 Å². The third kappa shape index (κ3) is 5.80. The highest BCUT2D eigenvalue weighted by molar-refractivity contribution is 5.93. The Bertz CT molecular complexity index is 810. The van der Waals surface area contributed by atoms with Crippen LogP contribution in [0.2, 0.25) is 0 Å². The molecule has 2 aromatic rings. The van der Waals surface area contributed by atoms with Crippen molar-refractivity contribution in [3.63, 3.8) is 0 Å². The molecule has 27 heavy (non-hydrogen) atoms. The van der Waals surface area contributed by atoms with Gasteiger partial charge in [-0.2, -0.15) is 15.0 Å². The molecule has 1 aromatic heterocycles. The molecule has 0 fully saturated rings. The second-order valence-corrected chi connectivity index (χ2v) is 5.02. The molecule has 1 heterocycles. The highest BCUT2D eigenvalue weighted by Crippen LogP contribution is 2.29. The van der Waals surface area contributed by atoms with Crippen LogP contribution in [-0.2, 0) is 0 Å². The number of benzene rings is 1. The summed E-state index contributed by atoms with van der Waals surface area (Å²) in [5.41, 5.74) is 12.0. The van der Waals surface area contributed by atoms with E-state index in [4.69, 9.17) is 16.2 Å². The maximum atomic E-state index is 12.2. The summed E-state index contributed by atoms with van der Waals surface area (Å²) in [6, 6.07) is 4.95. The van der Waals surface area contributed by atoms with Crippen LogP contribution >= 0.6 is 0 Å². The summed E-state index contributed by atoms with van der Waals surface area (Å²) in [5, 5.41) is 5.66. The Morgan fingerprint density at radius 2 is 1.89 bits per heavy atom. The lowest BCUT2D eigenvalue weighted by Crippen LogP contribution is -2.22. The number of nitrogens with two attached hydrogens (primary N) is 2. The highest BCUT2D eigenvalue weighted by atomic mass is 19.4. The minimum atomic E-state index is -4.76. The third-order valence-corrected chi connectivity index (χ3v) is 3.01. The summed E-state index contributed by atoms with van der Waals surface area (Å²) in [5.74, 6) is 0.238. The van der Waals surface area contributed by atoms with E-state index in [1.165, 1.54) is 19.2 Å². The maximum Gasteiger partial charge on any atom is 0.573 e. The standard InChI is InChI=1S/C15H18F3N7O2/c1-3-21-12-10(26-2)11(19)23-14(24-12)25-13(20)22-8-4-6-9(7-5-8)27-15(16,17)18/h4-7H,3H2,1-2H3,(H6,19,20,21,22,23,24,25). The second kappa shape index (κ2) is 8.29. The van der Waals surface area contributed by atoms with Gasteiger partial charge in [-0.15, -0.1) is 13.2 Å². The van der Waals surface area contributed by atoms with Gasteiger partial charge in [0.05, 0.1) is 7.11 Å².